The molecule has 9 nitrogen and oxygen atoms in total. The predicted molar refractivity (Wildman–Crippen MR) is 138 cm³/mol. The first-order valence-electron chi connectivity index (χ1n) is 10.6. The number of hydrogen-bond acceptors (Lipinski definition) is 8. The summed E-state index contributed by atoms with van der Waals surface area (Å²) >= 11 is 4.68. The molecule has 0 spiro atoms. The van der Waals surface area contributed by atoms with Crippen molar-refractivity contribution >= 4 is 39.8 Å². The highest BCUT2D eigenvalue weighted by Gasteiger charge is 2.17. The zero-order valence-corrected chi connectivity index (χ0v) is 21.0. The van der Waals surface area contributed by atoms with E-state index in [9.17, 15) is 9.90 Å². The summed E-state index contributed by atoms with van der Waals surface area (Å²) in [6.45, 7) is 2.25. The molecule has 4 rings (SSSR count). The maximum absolute atomic E-state index is 12.4. The van der Waals surface area contributed by atoms with Crippen LogP contribution >= 0.6 is 27.7 Å². The number of hydrazone groups is 1. The lowest BCUT2D eigenvalue weighted by Gasteiger charge is -2.10. The van der Waals surface area contributed by atoms with Crippen LogP contribution in [0.4, 0.5) is 0 Å². The first kappa shape index (κ1) is 24.4. The number of aromatic nitrogens is 4. The number of halogens is 1. The number of aromatic hydroxyl groups is 1. The Bertz CT molecular complexity index is 1330. The maximum Gasteiger partial charge on any atom is 0.250 e. The molecule has 2 N–H and O–H groups in total. The van der Waals surface area contributed by atoms with E-state index in [-0.39, 0.29) is 17.4 Å². The van der Waals surface area contributed by atoms with Gasteiger partial charge < -0.3 is 9.84 Å². The van der Waals surface area contributed by atoms with Gasteiger partial charge in [0.25, 0.3) is 5.91 Å². The van der Waals surface area contributed by atoms with Crippen molar-refractivity contribution in [3.05, 3.63) is 77.0 Å². The number of benzene rings is 2. The molecule has 0 atom stereocenters. The maximum atomic E-state index is 12.4. The van der Waals surface area contributed by atoms with E-state index < -0.39 is 0 Å². The molecule has 2 aromatic heterocycles. The normalized spacial score (nSPS) is 11.0. The van der Waals surface area contributed by atoms with Crippen LogP contribution in [0.5, 0.6) is 11.5 Å². The second-order valence-corrected chi connectivity index (χ2v) is 8.93. The average Bonchev–Trinajstić information content (AvgIpc) is 3.30. The van der Waals surface area contributed by atoms with Crippen LogP contribution in [0.15, 0.2) is 81.7 Å². The van der Waals surface area contributed by atoms with Gasteiger partial charge in [0.1, 0.15) is 0 Å². The van der Waals surface area contributed by atoms with Crippen molar-refractivity contribution in [1.82, 2.24) is 25.2 Å². The highest BCUT2D eigenvalue weighted by Crippen LogP contribution is 2.29. The number of phenolic OH excluding ortho intramolecular Hbond substituents is 1. The van der Waals surface area contributed by atoms with Gasteiger partial charge in [0.15, 0.2) is 22.5 Å². The minimum atomic E-state index is -0.333. The lowest BCUT2D eigenvalue weighted by molar-refractivity contribution is -0.118. The van der Waals surface area contributed by atoms with Crippen molar-refractivity contribution in [3.63, 3.8) is 0 Å². The van der Waals surface area contributed by atoms with E-state index in [1.807, 2.05) is 47.9 Å². The van der Waals surface area contributed by atoms with Crippen molar-refractivity contribution in [2.75, 3.05) is 12.4 Å². The number of nitrogens with one attached hydrogen (secondary N) is 1. The Morgan fingerprint density at radius 3 is 2.77 bits per heavy atom. The van der Waals surface area contributed by atoms with Crippen molar-refractivity contribution in [3.8, 4) is 28.6 Å². The van der Waals surface area contributed by atoms with E-state index in [0.29, 0.717) is 28.9 Å². The van der Waals surface area contributed by atoms with Gasteiger partial charge in [0.05, 0.1) is 18.6 Å². The van der Waals surface area contributed by atoms with Crippen LogP contribution in [0.2, 0.25) is 0 Å². The summed E-state index contributed by atoms with van der Waals surface area (Å²) in [5.74, 6) is 0.664. The molecule has 4 aromatic rings. The van der Waals surface area contributed by atoms with Gasteiger partial charge in [-0.05, 0) is 55.5 Å². The molecule has 178 valence electrons. The number of phenols is 1. The molecule has 0 aliphatic rings. The Kier molecular flexibility index (Phi) is 8.11. The van der Waals surface area contributed by atoms with Gasteiger partial charge in [-0.3, -0.25) is 14.3 Å². The first-order valence-corrected chi connectivity index (χ1v) is 12.4. The van der Waals surface area contributed by atoms with Crippen LogP contribution < -0.4 is 10.2 Å². The van der Waals surface area contributed by atoms with Crippen LogP contribution in [0, 0.1) is 0 Å². The second kappa shape index (κ2) is 11.6. The van der Waals surface area contributed by atoms with Crippen molar-refractivity contribution in [2.45, 2.75) is 12.1 Å². The van der Waals surface area contributed by atoms with Gasteiger partial charge in [0.2, 0.25) is 0 Å². The number of hydrogen-bond donors (Lipinski definition) is 2. The zero-order valence-electron chi connectivity index (χ0n) is 18.6. The molecule has 0 saturated carbocycles. The van der Waals surface area contributed by atoms with E-state index in [4.69, 9.17) is 4.74 Å². The smallest absolute Gasteiger partial charge is 0.250 e. The lowest BCUT2D eigenvalue weighted by Crippen LogP contribution is -2.20. The summed E-state index contributed by atoms with van der Waals surface area (Å²) in [6.07, 6.45) is 4.77. The third-order valence-corrected chi connectivity index (χ3v) is 6.15. The Balaban J connectivity index is 1.47. The highest BCUT2D eigenvalue weighted by atomic mass is 79.9. The van der Waals surface area contributed by atoms with Crippen molar-refractivity contribution < 1.29 is 14.6 Å². The number of ether oxygens (including phenoxy) is 1. The van der Waals surface area contributed by atoms with Gasteiger partial charge in [-0.1, -0.05) is 33.8 Å². The Hall–Kier alpha value is -3.70. The minimum absolute atomic E-state index is 0.0349. The number of carbonyl (C=O) groups excluding carboxylic acids is 1. The van der Waals surface area contributed by atoms with Gasteiger partial charge in [-0.15, -0.1) is 10.2 Å². The molecule has 0 fully saturated rings. The van der Waals surface area contributed by atoms with Crippen LogP contribution in [0.3, 0.4) is 0 Å². The Morgan fingerprint density at radius 1 is 1.20 bits per heavy atom. The van der Waals surface area contributed by atoms with E-state index in [1.54, 1.807) is 30.6 Å². The first-order chi connectivity index (χ1) is 17.1. The predicted octanol–water partition coefficient (Wildman–Crippen LogP) is 4.44. The largest absolute Gasteiger partial charge is 0.504 e. The third kappa shape index (κ3) is 6.06. The summed E-state index contributed by atoms with van der Waals surface area (Å²) in [6, 6.07) is 16.5. The number of nitrogens with zero attached hydrogens (tertiary/aromatic N) is 5. The summed E-state index contributed by atoms with van der Waals surface area (Å²) < 4.78 is 8.18. The van der Waals surface area contributed by atoms with Gasteiger partial charge >= 0.3 is 0 Å². The van der Waals surface area contributed by atoms with E-state index >= 15 is 0 Å². The molecule has 0 bridgehead atoms. The average molecular weight is 553 g/mol. The fourth-order valence-electron chi connectivity index (χ4n) is 3.12. The summed E-state index contributed by atoms with van der Waals surface area (Å²) in [4.78, 5) is 16.6. The van der Waals surface area contributed by atoms with E-state index in [0.717, 1.165) is 15.7 Å². The number of rotatable bonds is 9. The second-order valence-electron chi connectivity index (χ2n) is 7.07. The monoisotopic (exact) mass is 552 g/mol. The quantitative estimate of drug-likeness (QED) is 0.179. The molecule has 0 aliphatic carbocycles. The molecular weight excluding hydrogens is 532 g/mol. The third-order valence-electron chi connectivity index (χ3n) is 4.69. The minimum Gasteiger partial charge on any atom is -0.504 e. The van der Waals surface area contributed by atoms with Crippen LogP contribution in [-0.2, 0) is 4.79 Å². The number of amides is 1. The molecule has 0 saturated heterocycles. The zero-order chi connectivity index (χ0) is 24.6. The van der Waals surface area contributed by atoms with Crippen LogP contribution in [0.25, 0.3) is 17.1 Å². The molecule has 2 aromatic carbocycles. The fraction of sp³-hybridized carbons (Fsp3) is 0.125. The number of para-hydroxylation sites is 1. The van der Waals surface area contributed by atoms with Gasteiger partial charge in [-0.25, -0.2) is 5.43 Å². The number of pyridine rings is 1. The SMILES string of the molecule is CCOc1cccc(/C=N/NC(=O)CSc2nnc(-c3cccnc3)n2-c2ccc(Br)cc2)c1O. The fourth-order valence-corrected chi connectivity index (χ4v) is 4.13. The lowest BCUT2D eigenvalue weighted by atomic mass is 10.2. The molecule has 0 radical (unpaired) electrons. The topological polar surface area (TPSA) is 115 Å². The Morgan fingerprint density at radius 2 is 2.03 bits per heavy atom. The summed E-state index contributed by atoms with van der Waals surface area (Å²) in [5.41, 5.74) is 4.55. The number of carbonyl (C=O) groups is 1. The highest BCUT2D eigenvalue weighted by molar-refractivity contribution is 9.10. The number of thioether (sulfide) groups is 1. The van der Waals surface area contributed by atoms with Crippen LogP contribution in [0.1, 0.15) is 12.5 Å². The van der Waals surface area contributed by atoms with Crippen molar-refractivity contribution in [1.29, 1.82) is 0 Å². The molecule has 1 amide bonds. The van der Waals surface area contributed by atoms with Gasteiger partial charge in [-0.2, -0.15) is 5.10 Å². The molecule has 0 unspecified atom stereocenters. The molecule has 2 heterocycles. The van der Waals surface area contributed by atoms with E-state index in [1.165, 1.54) is 18.0 Å². The van der Waals surface area contributed by atoms with Crippen LogP contribution in [-0.4, -0.2) is 49.3 Å². The summed E-state index contributed by atoms with van der Waals surface area (Å²) in [7, 11) is 0. The van der Waals surface area contributed by atoms with E-state index in [2.05, 4.69) is 41.6 Å². The van der Waals surface area contributed by atoms with Crippen molar-refractivity contribution in [2.24, 2.45) is 5.10 Å². The molecule has 11 heteroatoms. The standard InChI is InChI=1S/C24H21BrN6O3S/c1-2-34-20-7-3-5-16(22(20)33)14-27-28-21(32)15-35-24-30-29-23(17-6-4-12-26-13-17)31(24)19-10-8-18(25)9-11-19/h3-14,33H,2,15H2,1H3,(H,28,32)/b27-14+. The molecule has 0 aliphatic heterocycles. The summed E-state index contributed by atoms with van der Waals surface area (Å²) in [5, 5.41) is 23.4. The molecule has 35 heavy (non-hydrogen) atoms. The Labute approximate surface area is 214 Å². The van der Waals surface area contributed by atoms with Gasteiger partial charge in [0, 0.05) is 33.7 Å². The molecular formula is C24H21BrN6O3S.